The Bertz CT molecular complexity index is 658. The highest BCUT2D eigenvalue weighted by Gasteiger charge is 2.15. The molecular weight excluding hydrogens is 273 g/mol. The zero-order valence-electron chi connectivity index (χ0n) is 11.8. The molecule has 1 atom stereocenters. The molecule has 0 aliphatic heterocycles. The number of phenols is 1. The standard InChI is InChI=1S/C16H16FNO3/c1-10(12-5-3-4-6-15(12)19)18-11-7-8-14(17)13(9-11)16(20)21-2/h3-10,18-19H,1-2H3. The van der Waals surface area contributed by atoms with Crippen LogP contribution in [0.25, 0.3) is 0 Å². The summed E-state index contributed by atoms with van der Waals surface area (Å²) in [6, 6.07) is 10.8. The maximum atomic E-state index is 13.6. The van der Waals surface area contributed by atoms with E-state index in [0.717, 1.165) is 0 Å². The molecule has 2 aromatic carbocycles. The van der Waals surface area contributed by atoms with Gasteiger partial charge in [0.05, 0.1) is 18.7 Å². The van der Waals surface area contributed by atoms with Gasteiger partial charge in [-0.25, -0.2) is 9.18 Å². The molecule has 0 spiro atoms. The second kappa shape index (κ2) is 6.26. The van der Waals surface area contributed by atoms with Crippen molar-refractivity contribution in [1.82, 2.24) is 0 Å². The van der Waals surface area contributed by atoms with Crippen molar-refractivity contribution < 1.29 is 19.0 Å². The lowest BCUT2D eigenvalue weighted by atomic mass is 10.1. The summed E-state index contributed by atoms with van der Waals surface area (Å²) in [4.78, 5) is 11.5. The first-order valence-electron chi connectivity index (χ1n) is 6.45. The number of halogens is 1. The van der Waals surface area contributed by atoms with Crippen molar-refractivity contribution in [2.45, 2.75) is 13.0 Å². The molecule has 0 amide bonds. The van der Waals surface area contributed by atoms with Gasteiger partial charge in [0.2, 0.25) is 0 Å². The summed E-state index contributed by atoms with van der Waals surface area (Å²) in [5, 5.41) is 12.9. The van der Waals surface area contributed by atoms with Crippen LogP contribution in [0.4, 0.5) is 10.1 Å². The molecule has 2 aromatic rings. The Labute approximate surface area is 122 Å². The maximum Gasteiger partial charge on any atom is 0.340 e. The largest absolute Gasteiger partial charge is 0.508 e. The molecule has 0 bridgehead atoms. The zero-order valence-corrected chi connectivity index (χ0v) is 11.8. The maximum absolute atomic E-state index is 13.6. The highest BCUT2D eigenvalue weighted by atomic mass is 19.1. The predicted molar refractivity (Wildman–Crippen MR) is 77.9 cm³/mol. The highest BCUT2D eigenvalue weighted by Crippen LogP contribution is 2.27. The van der Waals surface area contributed by atoms with Crippen molar-refractivity contribution in [3.05, 3.63) is 59.4 Å². The minimum atomic E-state index is -0.730. The number of carbonyl (C=O) groups is 1. The van der Waals surface area contributed by atoms with Crippen LogP contribution in [0.3, 0.4) is 0 Å². The van der Waals surface area contributed by atoms with Gasteiger partial charge in [-0.3, -0.25) is 0 Å². The van der Waals surface area contributed by atoms with E-state index in [1.807, 2.05) is 13.0 Å². The number of hydrogen-bond acceptors (Lipinski definition) is 4. The smallest absolute Gasteiger partial charge is 0.340 e. The molecule has 4 nitrogen and oxygen atoms in total. The number of esters is 1. The number of para-hydroxylation sites is 1. The number of anilines is 1. The lowest BCUT2D eigenvalue weighted by Gasteiger charge is -2.17. The average molecular weight is 289 g/mol. The fraction of sp³-hybridized carbons (Fsp3) is 0.188. The second-order valence-electron chi connectivity index (χ2n) is 4.61. The summed E-state index contributed by atoms with van der Waals surface area (Å²) < 4.78 is 18.1. The number of methoxy groups -OCH3 is 1. The van der Waals surface area contributed by atoms with E-state index in [4.69, 9.17) is 0 Å². The van der Waals surface area contributed by atoms with Gasteiger partial charge in [0.15, 0.2) is 0 Å². The second-order valence-corrected chi connectivity index (χ2v) is 4.61. The first-order chi connectivity index (χ1) is 10.0. The topological polar surface area (TPSA) is 58.6 Å². The van der Waals surface area contributed by atoms with Crippen LogP contribution in [0, 0.1) is 5.82 Å². The van der Waals surface area contributed by atoms with E-state index in [1.165, 1.54) is 25.3 Å². The monoisotopic (exact) mass is 289 g/mol. The Morgan fingerprint density at radius 3 is 2.67 bits per heavy atom. The predicted octanol–water partition coefficient (Wildman–Crippen LogP) is 3.49. The Morgan fingerprint density at radius 1 is 1.29 bits per heavy atom. The van der Waals surface area contributed by atoms with Gasteiger partial charge < -0.3 is 15.2 Å². The van der Waals surface area contributed by atoms with E-state index < -0.39 is 11.8 Å². The molecule has 110 valence electrons. The van der Waals surface area contributed by atoms with Gasteiger partial charge in [0.25, 0.3) is 0 Å². The summed E-state index contributed by atoms with van der Waals surface area (Å²) in [6.45, 7) is 1.86. The molecule has 21 heavy (non-hydrogen) atoms. The molecule has 0 aliphatic carbocycles. The van der Waals surface area contributed by atoms with Crippen LogP contribution in [0.2, 0.25) is 0 Å². The van der Waals surface area contributed by atoms with Crippen molar-refractivity contribution in [3.63, 3.8) is 0 Å². The molecule has 0 radical (unpaired) electrons. The van der Waals surface area contributed by atoms with Gasteiger partial charge in [-0.1, -0.05) is 18.2 Å². The van der Waals surface area contributed by atoms with Crippen LogP contribution in [0.5, 0.6) is 5.75 Å². The van der Waals surface area contributed by atoms with E-state index in [1.54, 1.807) is 18.2 Å². The Kier molecular flexibility index (Phi) is 4.42. The summed E-state index contributed by atoms with van der Waals surface area (Å²) in [5.74, 6) is -1.19. The van der Waals surface area contributed by atoms with Crippen LogP contribution >= 0.6 is 0 Å². The number of rotatable bonds is 4. The van der Waals surface area contributed by atoms with Crippen LogP contribution in [-0.2, 0) is 4.74 Å². The van der Waals surface area contributed by atoms with Gasteiger partial charge in [0, 0.05) is 11.3 Å². The van der Waals surface area contributed by atoms with Crippen molar-refractivity contribution in [1.29, 1.82) is 0 Å². The van der Waals surface area contributed by atoms with Crippen LogP contribution in [0.1, 0.15) is 28.9 Å². The van der Waals surface area contributed by atoms with Gasteiger partial charge in [-0.2, -0.15) is 0 Å². The summed E-state index contributed by atoms with van der Waals surface area (Å²) in [5.41, 5.74) is 1.14. The summed E-state index contributed by atoms with van der Waals surface area (Å²) in [7, 11) is 1.20. The Morgan fingerprint density at radius 2 is 2.00 bits per heavy atom. The molecule has 0 saturated heterocycles. The van der Waals surface area contributed by atoms with Crippen molar-refractivity contribution in [2.24, 2.45) is 0 Å². The number of aromatic hydroxyl groups is 1. The fourth-order valence-corrected chi connectivity index (χ4v) is 2.06. The molecule has 1 unspecified atom stereocenters. The van der Waals surface area contributed by atoms with E-state index in [0.29, 0.717) is 11.3 Å². The number of ether oxygens (including phenoxy) is 1. The van der Waals surface area contributed by atoms with Crippen molar-refractivity contribution >= 4 is 11.7 Å². The van der Waals surface area contributed by atoms with Crippen LogP contribution < -0.4 is 5.32 Å². The third kappa shape index (κ3) is 3.31. The number of phenolic OH excluding ortho intramolecular Hbond substituents is 1. The molecule has 2 N–H and O–H groups in total. The number of hydrogen-bond donors (Lipinski definition) is 2. The highest BCUT2D eigenvalue weighted by molar-refractivity contribution is 5.90. The molecule has 0 fully saturated rings. The molecule has 0 aromatic heterocycles. The van der Waals surface area contributed by atoms with Gasteiger partial charge in [0.1, 0.15) is 11.6 Å². The summed E-state index contributed by atoms with van der Waals surface area (Å²) in [6.07, 6.45) is 0. The fourth-order valence-electron chi connectivity index (χ4n) is 2.06. The summed E-state index contributed by atoms with van der Waals surface area (Å²) >= 11 is 0. The number of benzene rings is 2. The normalized spacial score (nSPS) is 11.8. The number of nitrogens with one attached hydrogen (secondary N) is 1. The third-order valence-corrected chi connectivity index (χ3v) is 3.16. The molecule has 5 heteroatoms. The number of carbonyl (C=O) groups excluding carboxylic acids is 1. The quantitative estimate of drug-likeness (QED) is 0.846. The zero-order chi connectivity index (χ0) is 15.4. The minimum absolute atomic E-state index is 0.132. The first-order valence-corrected chi connectivity index (χ1v) is 6.45. The minimum Gasteiger partial charge on any atom is -0.508 e. The Balaban J connectivity index is 2.24. The lowest BCUT2D eigenvalue weighted by molar-refractivity contribution is 0.0595. The van der Waals surface area contributed by atoms with Gasteiger partial charge in [-0.15, -0.1) is 0 Å². The Hall–Kier alpha value is -2.56. The SMILES string of the molecule is COC(=O)c1cc(NC(C)c2ccccc2O)ccc1F. The van der Waals surface area contributed by atoms with E-state index in [-0.39, 0.29) is 17.4 Å². The lowest BCUT2D eigenvalue weighted by Crippen LogP contribution is -2.09. The van der Waals surface area contributed by atoms with Crippen LogP contribution in [0.15, 0.2) is 42.5 Å². The van der Waals surface area contributed by atoms with E-state index in [2.05, 4.69) is 10.1 Å². The van der Waals surface area contributed by atoms with Gasteiger partial charge >= 0.3 is 5.97 Å². The third-order valence-electron chi connectivity index (χ3n) is 3.16. The molecule has 2 rings (SSSR count). The van der Waals surface area contributed by atoms with E-state index in [9.17, 15) is 14.3 Å². The van der Waals surface area contributed by atoms with E-state index >= 15 is 0 Å². The molecule has 0 saturated carbocycles. The van der Waals surface area contributed by atoms with Crippen LogP contribution in [-0.4, -0.2) is 18.2 Å². The molecule has 0 heterocycles. The average Bonchev–Trinajstić information content (AvgIpc) is 2.48. The first kappa shape index (κ1) is 14.8. The van der Waals surface area contributed by atoms with Gasteiger partial charge in [-0.05, 0) is 31.2 Å². The molecular formula is C16H16FNO3. The van der Waals surface area contributed by atoms with Crippen molar-refractivity contribution in [2.75, 3.05) is 12.4 Å². The molecule has 0 aliphatic rings. The van der Waals surface area contributed by atoms with Crippen molar-refractivity contribution in [3.8, 4) is 5.75 Å².